The van der Waals surface area contributed by atoms with E-state index in [4.69, 9.17) is 9.47 Å². The highest BCUT2D eigenvalue weighted by atomic mass is 32.2. The highest BCUT2D eigenvalue weighted by Gasteiger charge is 2.27. The number of benzene rings is 2. The molecule has 1 unspecified atom stereocenters. The molecule has 0 radical (unpaired) electrons. The minimum atomic E-state index is -3.41. The van der Waals surface area contributed by atoms with Gasteiger partial charge in [0.2, 0.25) is 16.8 Å². The Labute approximate surface area is 160 Å². The minimum Gasteiger partial charge on any atom is -0.454 e. The van der Waals surface area contributed by atoms with Gasteiger partial charge in [0.15, 0.2) is 11.5 Å². The number of hydrogen-bond acceptors (Lipinski definition) is 5. The normalized spacial score (nSPS) is 17.9. The number of fused-ring (bicyclic) bond motifs is 1. The van der Waals surface area contributed by atoms with Crippen molar-refractivity contribution >= 4 is 10.0 Å². The van der Waals surface area contributed by atoms with Crippen molar-refractivity contribution in [3.63, 3.8) is 0 Å². The zero-order valence-corrected chi connectivity index (χ0v) is 16.0. The molecule has 1 saturated heterocycles. The summed E-state index contributed by atoms with van der Waals surface area (Å²) in [7, 11) is -3.41. The van der Waals surface area contributed by atoms with Gasteiger partial charge >= 0.3 is 0 Å². The van der Waals surface area contributed by atoms with Crippen molar-refractivity contribution in [1.82, 2.24) is 9.62 Å². The number of nitrogens with zero attached hydrogens (tertiary/aromatic N) is 1. The van der Waals surface area contributed by atoms with Crippen LogP contribution in [0.15, 0.2) is 48.5 Å². The molecule has 2 aromatic carbocycles. The standard InChI is InChI=1S/C20H24N2O4S/c23-27(24,14-16-6-2-1-3-7-16)21-13-18(22-10-4-5-11-22)17-8-9-19-20(12-17)26-15-25-19/h1-3,6-9,12,18,21H,4-5,10-11,13-15H2. The lowest BCUT2D eigenvalue weighted by Gasteiger charge is -2.28. The first-order chi connectivity index (χ1) is 13.1. The summed E-state index contributed by atoms with van der Waals surface area (Å²) < 4.78 is 38.8. The number of likely N-dealkylation sites (tertiary alicyclic amines) is 1. The topological polar surface area (TPSA) is 67.9 Å². The average Bonchev–Trinajstić information content (AvgIpc) is 3.34. The van der Waals surface area contributed by atoms with E-state index < -0.39 is 10.0 Å². The third-order valence-electron chi connectivity index (χ3n) is 5.06. The van der Waals surface area contributed by atoms with E-state index in [2.05, 4.69) is 9.62 Å². The Kier molecular flexibility index (Phi) is 5.33. The van der Waals surface area contributed by atoms with Gasteiger partial charge in [-0.05, 0) is 49.2 Å². The fraction of sp³-hybridized carbons (Fsp3) is 0.400. The van der Waals surface area contributed by atoms with Gasteiger partial charge in [0.05, 0.1) is 5.75 Å². The van der Waals surface area contributed by atoms with E-state index in [1.54, 1.807) is 0 Å². The molecule has 2 aliphatic rings. The Balaban J connectivity index is 1.50. The molecule has 2 aliphatic heterocycles. The van der Waals surface area contributed by atoms with Gasteiger partial charge in [-0.2, -0.15) is 0 Å². The molecule has 0 saturated carbocycles. The molecule has 0 aromatic heterocycles. The van der Waals surface area contributed by atoms with E-state index in [-0.39, 0.29) is 18.6 Å². The lowest BCUT2D eigenvalue weighted by molar-refractivity contribution is 0.173. The molecule has 7 heteroatoms. The zero-order chi connectivity index (χ0) is 18.7. The minimum absolute atomic E-state index is 0.0122. The molecule has 1 N–H and O–H groups in total. The Morgan fingerprint density at radius 1 is 1.00 bits per heavy atom. The first kappa shape index (κ1) is 18.3. The maximum atomic E-state index is 12.6. The highest BCUT2D eigenvalue weighted by molar-refractivity contribution is 7.88. The van der Waals surface area contributed by atoms with E-state index in [0.717, 1.165) is 48.6 Å². The van der Waals surface area contributed by atoms with Crippen molar-refractivity contribution in [2.45, 2.75) is 24.6 Å². The van der Waals surface area contributed by atoms with Crippen LogP contribution in [-0.2, 0) is 15.8 Å². The number of ether oxygens (including phenoxy) is 2. The van der Waals surface area contributed by atoms with Crippen LogP contribution < -0.4 is 14.2 Å². The van der Waals surface area contributed by atoms with E-state index in [0.29, 0.717) is 6.54 Å². The summed E-state index contributed by atoms with van der Waals surface area (Å²) in [6.45, 7) is 2.52. The van der Waals surface area contributed by atoms with E-state index in [1.165, 1.54) is 0 Å². The number of rotatable bonds is 7. The molecule has 2 heterocycles. The Morgan fingerprint density at radius 3 is 2.52 bits per heavy atom. The monoisotopic (exact) mass is 388 g/mol. The molecular formula is C20H24N2O4S. The van der Waals surface area contributed by atoms with E-state index in [1.807, 2.05) is 48.5 Å². The predicted molar refractivity (Wildman–Crippen MR) is 103 cm³/mol. The van der Waals surface area contributed by atoms with Gasteiger partial charge in [0.25, 0.3) is 0 Å². The molecule has 6 nitrogen and oxygen atoms in total. The van der Waals surface area contributed by atoms with E-state index in [9.17, 15) is 8.42 Å². The summed E-state index contributed by atoms with van der Waals surface area (Å²) >= 11 is 0. The second-order valence-corrected chi connectivity index (χ2v) is 8.77. The van der Waals surface area contributed by atoms with Crippen LogP contribution >= 0.6 is 0 Å². The van der Waals surface area contributed by atoms with Gasteiger partial charge in [0.1, 0.15) is 0 Å². The maximum absolute atomic E-state index is 12.6. The fourth-order valence-corrected chi connectivity index (χ4v) is 4.83. The zero-order valence-electron chi connectivity index (χ0n) is 15.1. The van der Waals surface area contributed by atoms with Gasteiger partial charge in [-0.3, -0.25) is 4.90 Å². The predicted octanol–water partition coefficient (Wildman–Crippen LogP) is 2.67. The van der Waals surface area contributed by atoms with Crippen molar-refractivity contribution in [2.24, 2.45) is 0 Å². The number of nitrogens with one attached hydrogen (secondary N) is 1. The van der Waals surface area contributed by atoms with Gasteiger partial charge in [0, 0.05) is 12.6 Å². The van der Waals surface area contributed by atoms with Crippen LogP contribution in [0, 0.1) is 0 Å². The Bertz CT molecular complexity index is 880. The van der Waals surface area contributed by atoms with Crippen molar-refractivity contribution in [2.75, 3.05) is 26.4 Å². The fourth-order valence-electron chi connectivity index (χ4n) is 3.68. The van der Waals surface area contributed by atoms with Crippen molar-refractivity contribution in [3.05, 3.63) is 59.7 Å². The van der Waals surface area contributed by atoms with Gasteiger partial charge in [-0.15, -0.1) is 0 Å². The second-order valence-electron chi connectivity index (χ2n) is 6.96. The average molecular weight is 388 g/mol. The smallest absolute Gasteiger partial charge is 0.231 e. The Morgan fingerprint density at radius 2 is 1.74 bits per heavy atom. The van der Waals surface area contributed by atoms with Crippen molar-refractivity contribution < 1.29 is 17.9 Å². The summed E-state index contributed by atoms with van der Waals surface area (Å²) in [6, 6.07) is 15.1. The molecule has 4 rings (SSSR count). The first-order valence-corrected chi connectivity index (χ1v) is 10.9. The number of sulfonamides is 1. The van der Waals surface area contributed by atoms with Crippen LogP contribution in [0.4, 0.5) is 0 Å². The molecule has 144 valence electrons. The summed E-state index contributed by atoms with van der Waals surface area (Å²) in [4.78, 5) is 2.34. The maximum Gasteiger partial charge on any atom is 0.231 e. The molecule has 0 bridgehead atoms. The summed E-state index contributed by atoms with van der Waals surface area (Å²) in [5.41, 5.74) is 1.83. The molecular weight excluding hydrogens is 364 g/mol. The quantitative estimate of drug-likeness (QED) is 0.790. The third-order valence-corrected chi connectivity index (χ3v) is 6.38. The summed E-state index contributed by atoms with van der Waals surface area (Å²) in [5.74, 6) is 1.45. The first-order valence-electron chi connectivity index (χ1n) is 9.26. The van der Waals surface area contributed by atoms with Crippen LogP contribution in [-0.4, -0.2) is 39.7 Å². The second kappa shape index (κ2) is 7.88. The largest absolute Gasteiger partial charge is 0.454 e. The number of hydrogen-bond donors (Lipinski definition) is 1. The van der Waals surface area contributed by atoms with Gasteiger partial charge < -0.3 is 9.47 Å². The van der Waals surface area contributed by atoms with Crippen LogP contribution in [0.25, 0.3) is 0 Å². The van der Waals surface area contributed by atoms with Gasteiger partial charge in [-0.25, -0.2) is 13.1 Å². The molecule has 1 atom stereocenters. The van der Waals surface area contributed by atoms with Crippen LogP contribution in [0.2, 0.25) is 0 Å². The highest BCUT2D eigenvalue weighted by Crippen LogP contribution is 2.36. The van der Waals surface area contributed by atoms with Crippen molar-refractivity contribution in [3.8, 4) is 11.5 Å². The van der Waals surface area contributed by atoms with Crippen molar-refractivity contribution in [1.29, 1.82) is 0 Å². The molecule has 27 heavy (non-hydrogen) atoms. The lowest BCUT2D eigenvalue weighted by Crippen LogP contribution is -2.37. The van der Waals surface area contributed by atoms with Crippen LogP contribution in [0.3, 0.4) is 0 Å². The summed E-state index contributed by atoms with van der Waals surface area (Å²) in [5, 5.41) is 0. The third kappa shape index (κ3) is 4.43. The molecule has 0 spiro atoms. The molecule has 0 aliphatic carbocycles. The van der Waals surface area contributed by atoms with Gasteiger partial charge in [-0.1, -0.05) is 36.4 Å². The van der Waals surface area contributed by atoms with Crippen LogP contribution in [0.1, 0.15) is 30.0 Å². The molecule has 2 aromatic rings. The Hall–Kier alpha value is -2.09. The molecule has 0 amide bonds. The lowest BCUT2D eigenvalue weighted by atomic mass is 10.1. The SMILES string of the molecule is O=S(=O)(Cc1ccccc1)NCC(c1ccc2c(c1)OCO2)N1CCCC1. The molecule has 1 fully saturated rings. The van der Waals surface area contributed by atoms with Crippen LogP contribution in [0.5, 0.6) is 11.5 Å². The van der Waals surface area contributed by atoms with E-state index >= 15 is 0 Å². The summed E-state index contributed by atoms with van der Waals surface area (Å²) in [6.07, 6.45) is 2.27.